The fourth-order valence-corrected chi connectivity index (χ4v) is 2.81. The first-order valence-electron chi connectivity index (χ1n) is 8.11. The monoisotopic (exact) mass is 351 g/mol. The smallest absolute Gasteiger partial charge is 0.406 e. The Morgan fingerprint density at radius 3 is 2.48 bits per heavy atom. The zero-order valence-electron chi connectivity index (χ0n) is 14.0. The largest absolute Gasteiger partial charge is 0.573 e. The number of pyridine rings is 1. The number of hydrogen-bond acceptors (Lipinski definition) is 4. The van der Waals surface area contributed by atoms with Gasteiger partial charge in [0.1, 0.15) is 5.75 Å². The lowest BCUT2D eigenvalue weighted by atomic mass is 10.1. The number of benzene rings is 1. The van der Waals surface area contributed by atoms with E-state index in [2.05, 4.69) is 26.6 Å². The molecule has 4 nitrogen and oxygen atoms in total. The predicted octanol–water partition coefficient (Wildman–Crippen LogP) is 3.39. The highest BCUT2D eigenvalue weighted by molar-refractivity contribution is 5.61. The Labute approximate surface area is 144 Å². The molecule has 0 saturated carbocycles. The van der Waals surface area contributed by atoms with Gasteiger partial charge >= 0.3 is 6.36 Å². The third kappa shape index (κ3) is 5.17. The average molecular weight is 351 g/mol. The van der Waals surface area contributed by atoms with E-state index in [1.54, 1.807) is 12.3 Å². The van der Waals surface area contributed by atoms with Gasteiger partial charge in [0.15, 0.2) is 0 Å². The predicted molar refractivity (Wildman–Crippen MR) is 89.1 cm³/mol. The Kier molecular flexibility index (Phi) is 5.24. The lowest BCUT2D eigenvalue weighted by Gasteiger charge is -2.32. The van der Waals surface area contributed by atoms with E-state index in [4.69, 9.17) is 0 Å². The minimum absolute atomic E-state index is 0.242. The molecule has 134 valence electrons. The third-order valence-corrected chi connectivity index (χ3v) is 4.19. The quantitative estimate of drug-likeness (QED) is 0.844. The van der Waals surface area contributed by atoms with Crippen LogP contribution >= 0.6 is 0 Å². The van der Waals surface area contributed by atoms with E-state index in [0.717, 1.165) is 38.3 Å². The van der Waals surface area contributed by atoms with Crippen molar-refractivity contribution in [3.05, 3.63) is 48.2 Å². The Morgan fingerprint density at radius 1 is 1.08 bits per heavy atom. The standard InChI is InChI=1S/C18H20F3N3O/c1-23-7-9-24(10-8-23)13-14-5-6-17(22-12-14)15-3-2-4-16(11-15)25-18(19,20)21/h2-6,11-12H,7-10,13H2,1H3. The molecular formula is C18H20F3N3O. The highest BCUT2D eigenvalue weighted by Crippen LogP contribution is 2.27. The van der Waals surface area contributed by atoms with Crippen LogP contribution in [0.2, 0.25) is 0 Å². The van der Waals surface area contributed by atoms with Gasteiger partial charge < -0.3 is 9.64 Å². The summed E-state index contributed by atoms with van der Waals surface area (Å²) in [7, 11) is 2.12. The summed E-state index contributed by atoms with van der Waals surface area (Å²) in [6, 6.07) is 9.66. The maximum absolute atomic E-state index is 12.3. The number of nitrogens with zero attached hydrogens (tertiary/aromatic N) is 3. The van der Waals surface area contributed by atoms with Crippen molar-refractivity contribution in [3.8, 4) is 17.0 Å². The van der Waals surface area contributed by atoms with Gasteiger partial charge in [0.05, 0.1) is 5.69 Å². The maximum atomic E-state index is 12.3. The van der Waals surface area contributed by atoms with Crippen LogP contribution < -0.4 is 4.74 Å². The van der Waals surface area contributed by atoms with Crippen molar-refractivity contribution in [1.29, 1.82) is 0 Å². The van der Waals surface area contributed by atoms with E-state index < -0.39 is 6.36 Å². The van der Waals surface area contributed by atoms with Crippen molar-refractivity contribution < 1.29 is 17.9 Å². The van der Waals surface area contributed by atoms with Gasteiger partial charge in [0, 0.05) is 44.5 Å². The van der Waals surface area contributed by atoms with Crippen LogP contribution in [0.5, 0.6) is 5.75 Å². The fourth-order valence-electron chi connectivity index (χ4n) is 2.81. The molecule has 3 rings (SSSR count). The highest BCUT2D eigenvalue weighted by atomic mass is 19.4. The zero-order chi connectivity index (χ0) is 17.9. The van der Waals surface area contributed by atoms with Crippen LogP contribution in [0.15, 0.2) is 42.6 Å². The number of ether oxygens (including phenoxy) is 1. The molecule has 0 bridgehead atoms. The minimum Gasteiger partial charge on any atom is -0.406 e. The number of alkyl halides is 3. The topological polar surface area (TPSA) is 28.6 Å². The van der Waals surface area contributed by atoms with E-state index >= 15 is 0 Å². The molecule has 1 aromatic carbocycles. The van der Waals surface area contributed by atoms with Gasteiger partial charge in [0.2, 0.25) is 0 Å². The van der Waals surface area contributed by atoms with Crippen LogP contribution in [0.4, 0.5) is 13.2 Å². The van der Waals surface area contributed by atoms with E-state index in [1.165, 1.54) is 18.2 Å². The molecular weight excluding hydrogens is 331 g/mol. The van der Waals surface area contributed by atoms with Gasteiger partial charge in [-0.05, 0) is 30.8 Å². The summed E-state index contributed by atoms with van der Waals surface area (Å²) in [5, 5.41) is 0. The molecule has 1 aliphatic heterocycles. The van der Waals surface area contributed by atoms with Crippen molar-refractivity contribution in [1.82, 2.24) is 14.8 Å². The molecule has 0 amide bonds. The summed E-state index contributed by atoms with van der Waals surface area (Å²) in [4.78, 5) is 9.06. The maximum Gasteiger partial charge on any atom is 0.573 e. The van der Waals surface area contributed by atoms with Gasteiger partial charge in [-0.3, -0.25) is 9.88 Å². The molecule has 0 atom stereocenters. The van der Waals surface area contributed by atoms with Crippen LogP contribution in [-0.2, 0) is 6.54 Å². The number of aromatic nitrogens is 1. The lowest BCUT2D eigenvalue weighted by Crippen LogP contribution is -2.43. The van der Waals surface area contributed by atoms with Crippen molar-refractivity contribution in [2.45, 2.75) is 12.9 Å². The molecule has 1 aromatic heterocycles. The first kappa shape index (κ1) is 17.7. The lowest BCUT2D eigenvalue weighted by molar-refractivity contribution is -0.274. The molecule has 0 aliphatic carbocycles. The van der Waals surface area contributed by atoms with Crippen molar-refractivity contribution >= 4 is 0 Å². The molecule has 25 heavy (non-hydrogen) atoms. The summed E-state index contributed by atoms with van der Waals surface area (Å²) < 4.78 is 40.9. The normalized spacial score (nSPS) is 16.8. The molecule has 0 spiro atoms. The van der Waals surface area contributed by atoms with Gasteiger partial charge in [-0.1, -0.05) is 18.2 Å². The van der Waals surface area contributed by atoms with Crippen LogP contribution in [0.25, 0.3) is 11.3 Å². The summed E-state index contributed by atoms with van der Waals surface area (Å²) in [6.07, 6.45) is -2.91. The molecule has 0 radical (unpaired) electrons. The van der Waals surface area contributed by atoms with E-state index in [-0.39, 0.29) is 5.75 Å². The van der Waals surface area contributed by atoms with Gasteiger partial charge in [-0.2, -0.15) is 0 Å². The Morgan fingerprint density at radius 2 is 1.84 bits per heavy atom. The number of rotatable bonds is 4. The SMILES string of the molecule is CN1CCN(Cc2ccc(-c3cccc(OC(F)(F)F)c3)nc2)CC1. The first-order chi connectivity index (χ1) is 11.9. The average Bonchev–Trinajstić information content (AvgIpc) is 2.56. The molecule has 2 heterocycles. The van der Waals surface area contributed by atoms with Crippen molar-refractivity contribution in [3.63, 3.8) is 0 Å². The van der Waals surface area contributed by atoms with Gasteiger partial charge in [0.25, 0.3) is 0 Å². The number of halogens is 3. The molecule has 7 heteroatoms. The number of piperazine rings is 1. The van der Waals surface area contributed by atoms with E-state index in [1.807, 2.05) is 12.1 Å². The van der Waals surface area contributed by atoms with Crippen LogP contribution in [-0.4, -0.2) is 54.4 Å². The van der Waals surface area contributed by atoms with Crippen LogP contribution in [0.1, 0.15) is 5.56 Å². The fraction of sp³-hybridized carbons (Fsp3) is 0.389. The third-order valence-electron chi connectivity index (χ3n) is 4.19. The number of likely N-dealkylation sites (N-methyl/N-ethyl adjacent to an activating group) is 1. The molecule has 1 saturated heterocycles. The van der Waals surface area contributed by atoms with Crippen molar-refractivity contribution in [2.24, 2.45) is 0 Å². The first-order valence-corrected chi connectivity index (χ1v) is 8.11. The van der Waals surface area contributed by atoms with Gasteiger partial charge in [-0.25, -0.2) is 0 Å². The molecule has 0 unspecified atom stereocenters. The molecule has 2 aromatic rings. The zero-order valence-corrected chi connectivity index (χ0v) is 14.0. The summed E-state index contributed by atoms with van der Waals surface area (Å²) in [6.45, 7) is 4.98. The second kappa shape index (κ2) is 7.41. The van der Waals surface area contributed by atoms with Gasteiger partial charge in [-0.15, -0.1) is 13.2 Å². The highest BCUT2D eigenvalue weighted by Gasteiger charge is 2.31. The van der Waals surface area contributed by atoms with Crippen molar-refractivity contribution in [2.75, 3.05) is 33.2 Å². The Bertz CT molecular complexity index is 695. The second-order valence-electron chi connectivity index (χ2n) is 6.21. The van der Waals surface area contributed by atoms with E-state index in [9.17, 15) is 13.2 Å². The number of hydrogen-bond donors (Lipinski definition) is 0. The molecule has 1 aliphatic rings. The minimum atomic E-state index is -4.70. The second-order valence-corrected chi connectivity index (χ2v) is 6.21. The Balaban J connectivity index is 1.67. The summed E-state index contributed by atoms with van der Waals surface area (Å²) in [5.74, 6) is -0.242. The molecule has 0 N–H and O–H groups in total. The Hall–Kier alpha value is -2.12. The molecule has 1 fully saturated rings. The summed E-state index contributed by atoms with van der Waals surface area (Å²) >= 11 is 0. The summed E-state index contributed by atoms with van der Waals surface area (Å²) in [5.41, 5.74) is 2.30. The van der Waals surface area contributed by atoms with Crippen LogP contribution in [0.3, 0.4) is 0 Å². The van der Waals surface area contributed by atoms with Crippen LogP contribution in [0, 0.1) is 0 Å². The van der Waals surface area contributed by atoms with E-state index in [0.29, 0.717) is 11.3 Å².